The van der Waals surface area contributed by atoms with Crippen molar-refractivity contribution in [2.45, 2.75) is 76.9 Å². The first-order chi connectivity index (χ1) is 14.5. The Balaban J connectivity index is 1.35. The fourth-order valence-corrected chi connectivity index (χ4v) is 5.46. The number of likely N-dealkylation sites (tertiary alicyclic amines) is 1. The molecule has 3 amide bonds. The summed E-state index contributed by atoms with van der Waals surface area (Å²) in [6, 6.07) is 8.73. The van der Waals surface area contributed by atoms with Crippen LogP contribution in [0, 0.1) is 5.92 Å². The van der Waals surface area contributed by atoms with Gasteiger partial charge in [-0.15, -0.1) is 0 Å². The molecule has 2 aliphatic heterocycles. The topological polar surface area (TPSA) is 64.7 Å². The number of fused-ring (bicyclic) bond motifs is 1. The minimum Gasteiger partial charge on any atom is -0.369 e. The number of carbonyl (C=O) groups is 2. The van der Waals surface area contributed by atoms with E-state index in [0.29, 0.717) is 12.0 Å². The molecular formula is C24H36N4O2. The van der Waals surface area contributed by atoms with Crippen LogP contribution in [0.2, 0.25) is 0 Å². The Morgan fingerprint density at radius 2 is 1.70 bits per heavy atom. The van der Waals surface area contributed by atoms with Crippen molar-refractivity contribution in [2.24, 2.45) is 5.92 Å². The second kappa shape index (κ2) is 9.27. The molecule has 6 heteroatoms. The average molecular weight is 413 g/mol. The fraction of sp³-hybridized carbons (Fsp3) is 0.667. The summed E-state index contributed by atoms with van der Waals surface area (Å²) < 4.78 is 0. The molecule has 3 fully saturated rings. The van der Waals surface area contributed by atoms with E-state index in [0.717, 1.165) is 43.7 Å². The Bertz CT molecular complexity index is 746. The van der Waals surface area contributed by atoms with Crippen LogP contribution >= 0.6 is 0 Å². The lowest BCUT2D eigenvalue weighted by Crippen LogP contribution is -2.49. The quantitative estimate of drug-likeness (QED) is 0.791. The van der Waals surface area contributed by atoms with E-state index in [2.05, 4.69) is 32.6 Å². The first-order valence-corrected chi connectivity index (χ1v) is 11.7. The number of piperidine rings is 1. The molecule has 0 spiro atoms. The smallest absolute Gasteiger partial charge is 0.315 e. The molecule has 1 aromatic carbocycles. The molecule has 2 saturated heterocycles. The van der Waals surface area contributed by atoms with Gasteiger partial charge in [0.15, 0.2) is 0 Å². The first-order valence-electron chi connectivity index (χ1n) is 11.7. The van der Waals surface area contributed by atoms with E-state index >= 15 is 0 Å². The van der Waals surface area contributed by atoms with Gasteiger partial charge in [0.05, 0.1) is 0 Å². The van der Waals surface area contributed by atoms with Gasteiger partial charge in [-0.3, -0.25) is 4.79 Å². The van der Waals surface area contributed by atoms with Crippen LogP contribution in [0.3, 0.4) is 0 Å². The summed E-state index contributed by atoms with van der Waals surface area (Å²) >= 11 is 0. The summed E-state index contributed by atoms with van der Waals surface area (Å²) in [5.74, 6) is 0.905. The van der Waals surface area contributed by atoms with Crippen molar-refractivity contribution >= 4 is 17.6 Å². The molecule has 164 valence electrons. The van der Waals surface area contributed by atoms with Crippen LogP contribution in [-0.4, -0.2) is 54.6 Å². The predicted molar refractivity (Wildman–Crippen MR) is 120 cm³/mol. The van der Waals surface area contributed by atoms with Crippen molar-refractivity contribution in [1.82, 2.24) is 15.5 Å². The van der Waals surface area contributed by atoms with E-state index in [1.54, 1.807) is 0 Å². The van der Waals surface area contributed by atoms with Gasteiger partial charge in [-0.05, 0) is 76.1 Å². The maximum Gasteiger partial charge on any atom is 0.315 e. The molecule has 3 aliphatic rings. The van der Waals surface area contributed by atoms with Crippen LogP contribution in [0.5, 0.6) is 0 Å². The summed E-state index contributed by atoms with van der Waals surface area (Å²) in [6.07, 6.45) is 8.38. The second-order valence-electron chi connectivity index (χ2n) is 9.50. The van der Waals surface area contributed by atoms with E-state index in [-0.39, 0.29) is 24.0 Å². The van der Waals surface area contributed by atoms with Gasteiger partial charge >= 0.3 is 6.03 Å². The zero-order valence-corrected chi connectivity index (χ0v) is 18.4. The number of carbonyl (C=O) groups excluding carboxylic acids is 2. The van der Waals surface area contributed by atoms with Crippen LogP contribution in [0.1, 0.15) is 69.2 Å². The summed E-state index contributed by atoms with van der Waals surface area (Å²) in [7, 11) is 0. The van der Waals surface area contributed by atoms with Crippen LogP contribution < -0.4 is 15.5 Å². The third-order valence-corrected chi connectivity index (χ3v) is 6.93. The van der Waals surface area contributed by atoms with Crippen molar-refractivity contribution in [3.8, 4) is 0 Å². The Labute approximate surface area is 180 Å². The molecule has 1 saturated carbocycles. The Kier molecular flexibility index (Phi) is 6.49. The third-order valence-electron chi connectivity index (χ3n) is 6.93. The SMILES string of the molecule is CC(C)NC(=O)NC1CCN(c2ccc(C(=O)N3CCCC4CCCCC43)cc2)C1. The Morgan fingerprint density at radius 1 is 0.967 bits per heavy atom. The Hall–Kier alpha value is -2.24. The van der Waals surface area contributed by atoms with Gasteiger partial charge < -0.3 is 20.4 Å². The number of nitrogens with zero attached hydrogens (tertiary/aromatic N) is 2. The molecule has 4 rings (SSSR count). The number of benzene rings is 1. The van der Waals surface area contributed by atoms with E-state index in [9.17, 15) is 9.59 Å². The lowest BCUT2D eigenvalue weighted by atomic mass is 9.78. The minimum absolute atomic E-state index is 0.0969. The molecule has 0 radical (unpaired) electrons. The molecule has 1 aliphatic carbocycles. The second-order valence-corrected chi connectivity index (χ2v) is 9.50. The average Bonchev–Trinajstić information content (AvgIpc) is 3.20. The number of amides is 3. The highest BCUT2D eigenvalue weighted by Gasteiger charge is 2.36. The number of rotatable bonds is 4. The van der Waals surface area contributed by atoms with Gasteiger partial charge in [-0.25, -0.2) is 4.79 Å². The van der Waals surface area contributed by atoms with Gasteiger partial charge in [-0.2, -0.15) is 0 Å². The molecule has 6 nitrogen and oxygen atoms in total. The normalized spacial score (nSPS) is 26.4. The highest BCUT2D eigenvalue weighted by Crippen LogP contribution is 2.36. The van der Waals surface area contributed by atoms with Crippen molar-refractivity contribution in [3.63, 3.8) is 0 Å². The molecule has 1 aromatic rings. The molecule has 0 aromatic heterocycles. The van der Waals surface area contributed by atoms with Crippen LogP contribution in [0.15, 0.2) is 24.3 Å². The van der Waals surface area contributed by atoms with Gasteiger partial charge in [0.1, 0.15) is 0 Å². The largest absolute Gasteiger partial charge is 0.369 e. The molecule has 0 bridgehead atoms. The highest BCUT2D eigenvalue weighted by molar-refractivity contribution is 5.95. The summed E-state index contributed by atoms with van der Waals surface area (Å²) in [5.41, 5.74) is 1.92. The number of hydrogen-bond acceptors (Lipinski definition) is 3. The van der Waals surface area contributed by atoms with Gasteiger partial charge in [0.2, 0.25) is 0 Å². The first kappa shape index (κ1) is 21.0. The number of anilines is 1. The number of urea groups is 1. The molecule has 3 unspecified atom stereocenters. The number of hydrogen-bond donors (Lipinski definition) is 2. The van der Waals surface area contributed by atoms with E-state index in [4.69, 9.17) is 0 Å². The third kappa shape index (κ3) is 4.73. The van der Waals surface area contributed by atoms with Crippen molar-refractivity contribution < 1.29 is 9.59 Å². The standard InChI is InChI=1S/C24H36N4O2/c1-17(2)25-24(30)26-20-13-15-27(16-20)21-11-9-19(10-12-21)23(29)28-14-5-7-18-6-3-4-8-22(18)28/h9-12,17-18,20,22H,3-8,13-16H2,1-2H3,(H2,25,26,30). The predicted octanol–water partition coefficient (Wildman–Crippen LogP) is 3.77. The maximum absolute atomic E-state index is 13.2. The molecule has 2 N–H and O–H groups in total. The van der Waals surface area contributed by atoms with Gasteiger partial charge in [0.25, 0.3) is 5.91 Å². The monoisotopic (exact) mass is 412 g/mol. The van der Waals surface area contributed by atoms with E-state index < -0.39 is 0 Å². The van der Waals surface area contributed by atoms with Gasteiger partial charge in [-0.1, -0.05) is 12.8 Å². The van der Waals surface area contributed by atoms with E-state index in [1.165, 1.54) is 32.1 Å². The molecule has 2 heterocycles. The van der Waals surface area contributed by atoms with Crippen LogP contribution in [0.4, 0.5) is 10.5 Å². The van der Waals surface area contributed by atoms with Crippen molar-refractivity contribution in [1.29, 1.82) is 0 Å². The lowest BCUT2D eigenvalue weighted by molar-refractivity contribution is 0.0390. The summed E-state index contributed by atoms with van der Waals surface area (Å²) in [5, 5.41) is 5.94. The summed E-state index contributed by atoms with van der Waals surface area (Å²) in [4.78, 5) is 29.6. The van der Waals surface area contributed by atoms with Crippen LogP contribution in [0.25, 0.3) is 0 Å². The Morgan fingerprint density at radius 3 is 2.47 bits per heavy atom. The highest BCUT2D eigenvalue weighted by atomic mass is 16.2. The van der Waals surface area contributed by atoms with E-state index in [1.807, 2.05) is 26.0 Å². The fourth-order valence-electron chi connectivity index (χ4n) is 5.46. The van der Waals surface area contributed by atoms with Crippen LogP contribution in [-0.2, 0) is 0 Å². The zero-order chi connectivity index (χ0) is 21.1. The molecule has 30 heavy (non-hydrogen) atoms. The number of nitrogens with one attached hydrogen (secondary N) is 2. The minimum atomic E-state index is -0.0969. The lowest BCUT2D eigenvalue weighted by Gasteiger charge is -2.44. The maximum atomic E-state index is 13.2. The van der Waals surface area contributed by atoms with Crippen molar-refractivity contribution in [2.75, 3.05) is 24.5 Å². The summed E-state index contributed by atoms with van der Waals surface area (Å²) in [6.45, 7) is 6.54. The zero-order valence-electron chi connectivity index (χ0n) is 18.4. The molecular weight excluding hydrogens is 376 g/mol. The molecule has 3 atom stereocenters. The van der Waals surface area contributed by atoms with Gasteiger partial charge in [0, 0.05) is 49.0 Å². The van der Waals surface area contributed by atoms with Crippen molar-refractivity contribution in [3.05, 3.63) is 29.8 Å².